The lowest BCUT2D eigenvalue weighted by Crippen LogP contribution is -2.32. The maximum atomic E-state index is 12.4. The number of furan rings is 1. The van der Waals surface area contributed by atoms with Crippen molar-refractivity contribution in [2.24, 2.45) is 0 Å². The van der Waals surface area contributed by atoms with Gasteiger partial charge in [-0.1, -0.05) is 31.2 Å². The number of carboxylic acid groups (broad SMARTS) is 1. The quantitative estimate of drug-likeness (QED) is 0.849. The zero-order valence-electron chi connectivity index (χ0n) is 13.4. The molecule has 1 heterocycles. The van der Waals surface area contributed by atoms with Crippen LogP contribution >= 0.6 is 0 Å². The molecule has 1 aromatic carbocycles. The monoisotopic (exact) mass is 315 g/mol. The van der Waals surface area contributed by atoms with Gasteiger partial charge in [-0.2, -0.15) is 0 Å². The Bertz CT molecular complexity index is 673. The van der Waals surface area contributed by atoms with E-state index in [0.29, 0.717) is 12.3 Å². The van der Waals surface area contributed by atoms with Crippen LogP contribution in [0, 0.1) is 0 Å². The van der Waals surface area contributed by atoms with E-state index in [2.05, 4.69) is 6.92 Å². The number of hydrogen-bond donors (Lipinski definition) is 1. The van der Waals surface area contributed by atoms with Crippen molar-refractivity contribution >= 4 is 11.9 Å². The number of aryl methyl sites for hydroxylation is 1. The zero-order valence-corrected chi connectivity index (χ0v) is 13.4. The Hall–Kier alpha value is -2.56. The normalized spacial score (nSPS) is 10.5. The highest BCUT2D eigenvalue weighted by Gasteiger charge is 2.19. The van der Waals surface area contributed by atoms with Crippen molar-refractivity contribution in [3.05, 3.63) is 47.7 Å². The van der Waals surface area contributed by atoms with Crippen LogP contribution in [0.2, 0.25) is 0 Å². The van der Waals surface area contributed by atoms with Gasteiger partial charge in [-0.05, 0) is 31.0 Å². The molecule has 0 aliphatic heterocycles. The lowest BCUT2D eigenvalue weighted by atomic mass is 10.1. The van der Waals surface area contributed by atoms with Gasteiger partial charge in [-0.15, -0.1) is 0 Å². The molecule has 0 atom stereocenters. The Morgan fingerprint density at radius 3 is 2.35 bits per heavy atom. The largest absolute Gasteiger partial charge is 0.481 e. The van der Waals surface area contributed by atoms with Crippen molar-refractivity contribution in [2.45, 2.75) is 26.7 Å². The number of benzene rings is 1. The summed E-state index contributed by atoms with van der Waals surface area (Å²) >= 11 is 0. The fourth-order valence-electron chi connectivity index (χ4n) is 2.30. The van der Waals surface area contributed by atoms with Gasteiger partial charge in [-0.25, -0.2) is 0 Å². The molecule has 0 aliphatic carbocycles. The third-order valence-electron chi connectivity index (χ3n) is 3.73. The molecule has 0 saturated heterocycles. The minimum Gasteiger partial charge on any atom is -0.481 e. The summed E-state index contributed by atoms with van der Waals surface area (Å²) in [7, 11) is 0. The number of rotatable bonds is 7. The summed E-state index contributed by atoms with van der Waals surface area (Å²) in [6.45, 7) is 4.52. The predicted molar refractivity (Wildman–Crippen MR) is 87.4 cm³/mol. The van der Waals surface area contributed by atoms with Crippen LogP contribution < -0.4 is 0 Å². The van der Waals surface area contributed by atoms with Crippen LogP contribution in [0.4, 0.5) is 0 Å². The maximum absolute atomic E-state index is 12.4. The Morgan fingerprint density at radius 2 is 1.78 bits per heavy atom. The number of carbonyl (C=O) groups excluding carboxylic acids is 1. The molecule has 0 radical (unpaired) electrons. The highest BCUT2D eigenvalue weighted by atomic mass is 16.4. The number of amides is 1. The molecule has 2 aromatic rings. The van der Waals surface area contributed by atoms with E-state index in [1.165, 1.54) is 10.5 Å². The first-order valence-corrected chi connectivity index (χ1v) is 7.75. The molecule has 0 fully saturated rings. The van der Waals surface area contributed by atoms with Crippen molar-refractivity contribution < 1.29 is 19.1 Å². The number of nitrogens with zero attached hydrogens (tertiary/aromatic N) is 1. The molecule has 0 spiro atoms. The summed E-state index contributed by atoms with van der Waals surface area (Å²) in [5.74, 6) is -0.352. The van der Waals surface area contributed by atoms with Gasteiger partial charge < -0.3 is 14.4 Å². The summed E-state index contributed by atoms with van der Waals surface area (Å²) < 4.78 is 5.66. The topological polar surface area (TPSA) is 70.8 Å². The highest BCUT2D eigenvalue weighted by molar-refractivity contribution is 5.92. The van der Waals surface area contributed by atoms with E-state index in [9.17, 15) is 9.59 Å². The van der Waals surface area contributed by atoms with Crippen molar-refractivity contribution in [1.82, 2.24) is 4.90 Å². The molecule has 2 rings (SSSR count). The average molecular weight is 315 g/mol. The van der Waals surface area contributed by atoms with E-state index in [1.807, 2.05) is 31.2 Å². The number of carbonyl (C=O) groups is 2. The first kappa shape index (κ1) is 16.8. The van der Waals surface area contributed by atoms with Crippen LogP contribution in [0.25, 0.3) is 11.3 Å². The van der Waals surface area contributed by atoms with Crippen molar-refractivity contribution in [2.75, 3.05) is 13.1 Å². The molecular formula is C18H21NO4. The third-order valence-corrected chi connectivity index (χ3v) is 3.73. The molecule has 122 valence electrons. The summed E-state index contributed by atoms with van der Waals surface area (Å²) in [5.41, 5.74) is 2.15. The van der Waals surface area contributed by atoms with Crippen LogP contribution in [0.15, 0.2) is 40.8 Å². The van der Waals surface area contributed by atoms with Gasteiger partial charge in [0, 0.05) is 18.7 Å². The SMILES string of the molecule is CCc1ccc(-c2ccc(C(=O)N(CC)CCC(=O)O)o2)cc1. The number of hydrogen-bond acceptors (Lipinski definition) is 3. The molecule has 1 amide bonds. The standard InChI is InChI=1S/C18H21NO4/c1-3-13-5-7-14(8-6-13)15-9-10-16(23-15)18(22)19(4-2)12-11-17(20)21/h5-10H,3-4,11-12H2,1-2H3,(H,20,21). The average Bonchev–Trinajstić information content (AvgIpc) is 3.05. The Morgan fingerprint density at radius 1 is 1.09 bits per heavy atom. The molecule has 23 heavy (non-hydrogen) atoms. The van der Waals surface area contributed by atoms with Gasteiger partial charge in [0.1, 0.15) is 5.76 Å². The van der Waals surface area contributed by atoms with Crippen LogP contribution in [-0.2, 0) is 11.2 Å². The van der Waals surface area contributed by atoms with Crippen LogP contribution in [0.1, 0.15) is 36.4 Å². The van der Waals surface area contributed by atoms with Gasteiger partial charge in [0.15, 0.2) is 5.76 Å². The van der Waals surface area contributed by atoms with Gasteiger partial charge in [-0.3, -0.25) is 9.59 Å². The molecule has 5 heteroatoms. The second-order valence-electron chi connectivity index (χ2n) is 5.24. The van der Waals surface area contributed by atoms with Crippen molar-refractivity contribution in [3.8, 4) is 11.3 Å². The number of aliphatic carboxylic acids is 1. The zero-order chi connectivity index (χ0) is 16.8. The summed E-state index contributed by atoms with van der Waals surface area (Å²) in [6.07, 6.45) is 0.892. The summed E-state index contributed by atoms with van der Waals surface area (Å²) in [5, 5.41) is 8.74. The minimum absolute atomic E-state index is 0.0778. The van der Waals surface area contributed by atoms with Gasteiger partial charge >= 0.3 is 5.97 Å². The van der Waals surface area contributed by atoms with E-state index in [4.69, 9.17) is 9.52 Å². The maximum Gasteiger partial charge on any atom is 0.305 e. The Balaban J connectivity index is 2.13. The van der Waals surface area contributed by atoms with Crippen molar-refractivity contribution in [1.29, 1.82) is 0 Å². The molecule has 0 saturated carbocycles. The molecule has 0 bridgehead atoms. The summed E-state index contributed by atoms with van der Waals surface area (Å²) in [6, 6.07) is 11.4. The molecule has 0 unspecified atom stereocenters. The highest BCUT2D eigenvalue weighted by Crippen LogP contribution is 2.23. The molecule has 0 aliphatic rings. The van der Waals surface area contributed by atoms with E-state index in [0.717, 1.165) is 12.0 Å². The van der Waals surface area contributed by atoms with Gasteiger partial charge in [0.05, 0.1) is 6.42 Å². The molecular weight excluding hydrogens is 294 g/mol. The second-order valence-corrected chi connectivity index (χ2v) is 5.24. The Kier molecular flexibility index (Phi) is 5.57. The lowest BCUT2D eigenvalue weighted by Gasteiger charge is -2.18. The number of carboxylic acids is 1. The lowest BCUT2D eigenvalue weighted by molar-refractivity contribution is -0.137. The Labute approximate surface area is 135 Å². The van der Waals surface area contributed by atoms with E-state index >= 15 is 0 Å². The first-order chi connectivity index (χ1) is 11.0. The van der Waals surface area contributed by atoms with Crippen LogP contribution in [0.3, 0.4) is 0 Å². The first-order valence-electron chi connectivity index (χ1n) is 7.75. The molecule has 1 N–H and O–H groups in total. The smallest absolute Gasteiger partial charge is 0.305 e. The molecule has 1 aromatic heterocycles. The summed E-state index contributed by atoms with van der Waals surface area (Å²) in [4.78, 5) is 24.5. The molecule has 5 nitrogen and oxygen atoms in total. The third kappa shape index (κ3) is 4.22. The van der Waals surface area contributed by atoms with Gasteiger partial charge in [0.25, 0.3) is 5.91 Å². The predicted octanol–water partition coefficient (Wildman–Crippen LogP) is 3.45. The van der Waals surface area contributed by atoms with Crippen molar-refractivity contribution in [3.63, 3.8) is 0 Å². The minimum atomic E-state index is -0.924. The van der Waals surface area contributed by atoms with E-state index < -0.39 is 5.97 Å². The fourth-order valence-corrected chi connectivity index (χ4v) is 2.30. The second kappa shape index (κ2) is 7.63. The van der Waals surface area contributed by atoms with Crippen LogP contribution in [0.5, 0.6) is 0 Å². The van der Waals surface area contributed by atoms with Gasteiger partial charge in [0.2, 0.25) is 0 Å². The van der Waals surface area contributed by atoms with Crippen LogP contribution in [-0.4, -0.2) is 35.0 Å². The fraction of sp³-hybridized carbons (Fsp3) is 0.333. The van der Waals surface area contributed by atoms with E-state index in [1.54, 1.807) is 12.1 Å². The van der Waals surface area contributed by atoms with E-state index in [-0.39, 0.29) is 24.6 Å².